The van der Waals surface area contributed by atoms with Crippen molar-refractivity contribution in [3.63, 3.8) is 0 Å². The Kier molecular flexibility index (Phi) is 8.52. The molecule has 0 aromatic heterocycles. The van der Waals surface area contributed by atoms with Crippen LogP contribution in [0.15, 0.2) is 24.3 Å². The molecule has 2 aromatic carbocycles. The molecule has 2 aromatic rings. The van der Waals surface area contributed by atoms with Crippen LogP contribution in [0.1, 0.15) is 27.0 Å². The highest BCUT2D eigenvalue weighted by Crippen LogP contribution is 2.50. The quantitative estimate of drug-likeness (QED) is 0.192. The van der Waals surface area contributed by atoms with Gasteiger partial charge >= 0.3 is 5.97 Å². The summed E-state index contributed by atoms with van der Waals surface area (Å²) in [6.07, 6.45) is 3.78. The molecule has 1 atom stereocenters. The maximum Gasteiger partial charge on any atom is 0.361 e. The monoisotopic (exact) mass is 563 g/mol. The van der Waals surface area contributed by atoms with Crippen LogP contribution in [0.3, 0.4) is 0 Å². The predicted molar refractivity (Wildman–Crippen MR) is 127 cm³/mol. The fraction of sp³-hybridized carbons (Fsp3) is 0.385. The highest BCUT2D eigenvalue weighted by Gasteiger charge is 2.40. The second-order valence-corrected chi connectivity index (χ2v) is 8.72. The van der Waals surface area contributed by atoms with Gasteiger partial charge in [0, 0.05) is 18.1 Å². The van der Waals surface area contributed by atoms with E-state index in [1.54, 1.807) is 39.5 Å². The molecule has 4 rings (SSSR count). The number of methoxy groups -OCH3 is 4. The van der Waals surface area contributed by atoms with Crippen LogP contribution in [0.2, 0.25) is 0 Å². The molecule has 0 bridgehead atoms. The van der Waals surface area contributed by atoms with Crippen LogP contribution in [-0.4, -0.2) is 71.6 Å². The average Bonchev–Trinajstić information content (AvgIpc) is 3.34. The molecule has 0 saturated carbocycles. The van der Waals surface area contributed by atoms with Gasteiger partial charge < -0.3 is 49.9 Å². The fourth-order valence-electron chi connectivity index (χ4n) is 4.67. The van der Waals surface area contributed by atoms with Crippen LogP contribution in [-0.2, 0) is 22.5 Å². The molecule has 0 saturated heterocycles. The van der Waals surface area contributed by atoms with E-state index in [9.17, 15) is 9.59 Å². The standard InChI is InChI=1S/C26H30NO8.BrH/c1-27(14-22(29)32-4)11-10-18-19(13-27)24(33-5)26-25(34-15-35-26)23(18)20(28)9-7-16-6-8-17(30-2)12-21(16)31-3;/h6-9,12H,10-11,13-15H2,1-5H3;1H/q+1;/p-1. The maximum absolute atomic E-state index is 13.5. The number of ether oxygens (including phenoxy) is 6. The number of likely N-dealkylation sites (N-methyl/N-ethyl adjacent to an activating group) is 1. The van der Waals surface area contributed by atoms with Gasteiger partial charge in [-0.3, -0.25) is 4.79 Å². The van der Waals surface area contributed by atoms with Crippen LogP contribution in [0.4, 0.5) is 0 Å². The van der Waals surface area contributed by atoms with Gasteiger partial charge in [0.25, 0.3) is 0 Å². The number of halogens is 1. The number of hydrogen-bond donors (Lipinski definition) is 0. The Morgan fingerprint density at radius 2 is 1.78 bits per heavy atom. The zero-order chi connectivity index (χ0) is 25.2. The van der Waals surface area contributed by atoms with E-state index >= 15 is 0 Å². The lowest BCUT2D eigenvalue weighted by Crippen LogP contribution is -3.00. The fourth-order valence-corrected chi connectivity index (χ4v) is 4.67. The van der Waals surface area contributed by atoms with E-state index in [1.807, 2.05) is 13.1 Å². The summed E-state index contributed by atoms with van der Waals surface area (Å²) in [6.45, 7) is 1.36. The number of ketones is 1. The summed E-state index contributed by atoms with van der Waals surface area (Å²) in [7, 11) is 8.08. The van der Waals surface area contributed by atoms with Crippen molar-refractivity contribution in [2.75, 3.05) is 55.4 Å². The van der Waals surface area contributed by atoms with E-state index in [-0.39, 0.29) is 42.1 Å². The molecule has 0 spiro atoms. The Balaban J connectivity index is 0.00000361. The minimum atomic E-state index is -0.289. The molecule has 0 radical (unpaired) electrons. The molecule has 194 valence electrons. The molecular weight excluding hydrogens is 534 g/mol. The van der Waals surface area contributed by atoms with Crippen molar-refractivity contribution in [2.45, 2.75) is 13.0 Å². The number of benzene rings is 2. The number of rotatable bonds is 8. The largest absolute Gasteiger partial charge is 1.00 e. The number of allylic oxidation sites excluding steroid dienone is 1. The van der Waals surface area contributed by atoms with Gasteiger partial charge in [-0.1, -0.05) is 0 Å². The summed E-state index contributed by atoms with van der Waals surface area (Å²) in [5.74, 6) is 2.09. The second kappa shape index (κ2) is 11.2. The summed E-state index contributed by atoms with van der Waals surface area (Å²) in [5.41, 5.74) is 2.89. The second-order valence-electron chi connectivity index (χ2n) is 8.72. The van der Waals surface area contributed by atoms with E-state index in [2.05, 4.69) is 0 Å². The molecule has 1 unspecified atom stereocenters. The molecule has 10 heteroatoms. The molecule has 2 aliphatic rings. The molecule has 0 N–H and O–H groups in total. The van der Waals surface area contributed by atoms with E-state index in [0.717, 1.165) is 16.7 Å². The summed E-state index contributed by atoms with van der Waals surface area (Å²) < 4.78 is 33.2. The zero-order valence-corrected chi connectivity index (χ0v) is 22.6. The number of fused-ring (bicyclic) bond motifs is 2. The summed E-state index contributed by atoms with van der Waals surface area (Å²) in [5, 5.41) is 0. The van der Waals surface area contributed by atoms with Gasteiger partial charge in [0.1, 0.15) is 18.0 Å². The van der Waals surface area contributed by atoms with E-state index in [4.69, 9.17) is 28.4 Å². The lowest BCUT2D eigenvalue weighted by molar-refractivity contribution is -0.917. The van der Waals surface area contributed by atoms with Gasteiger partial charge in [0.05, 0.1) is 53.2 Å². The van der Waals surface area contributed by atoms with E-state index < -0.39 is 0 Å². The Hall–Kier alpha value is -3.24. The normalized spacial score (nSPS) is 17.7. The number of hydrogen-bond acceptors (Lipinski definition) is 8. The Bertz CT molecular complexity index is 1200. The smallest absolute Gasteiger partial charge is 0.361 e. The molecular formula is C26H30BrNO8. The molecule has 36 heavy (non-hydrogen) atoms. The topological polar surface area (TPSA) is 89.5 Å². The SMILES string of the molecule is COC(=O)C[N+]1(C)CCc2c(c(OC)c3c(c2C(=O)C=Cc2ccc(OC)cc2OC)OCO3)C1.[Br-]. The Morgan fingerprint density at radius 3 is 2.44 bits per heavy atom. The van der Waals surface area contributed by atoms with Gasteiger partial charge in [0.2, 0.25) is 12.5 Å². The van der Waals surface area contributed by atoms with Crippen molar-refractivity contribution < 1.29 is 59.5 Å². The number of carbonyl (C=O) groups is 2. The molecule has 0 amide bonds. The first-order chi connectivity index (χ1) is 16.8. The van der Waals surface area contributed by atoms with E-state index in [0.29, 0.717) is 58.3 Å². The first kappa shape index (κ1) is 27.3. The molecule has 0 fully saturated rings. The minimum Gasteiger partial charge on any atom is -1.00 e. The van der Waals surface area contributed by atoms with Gasteiger partial charge in [-0.2, -0.15) is 0 Å². The zero-order valence-electron chi connectivity index (χ0n) is 21.0. The van der Waals surface area contributed by atoms with Crippen LogP contribution in [0.5, 0.6) is 28.7 Å². The summed E-state index contributed by atoms with van der Waals surface area (Å²) >= 11 is 0. The van der Waals surface area contributed by atoms with Gasteiger partial charge in [-0.15, -0.1) is 0 Å². The van der Waals surface area contributed by atoms with Crippen LogP contribution in [0, 0.1) is 0 Å². The van der Waals surface area contributed by atoms with Crippen LogP contribution >= 0.6 is 0 Å². The number of nitrogens with zero attached hydrogens (tertiary/aromatic N) is 1. The number of carbonyl (C=O) groups excluding carboxylic acids is 2. The van der Waals surface area contributed by atoms with Crippen molar-refractivity contribution in [1.29, 1.82) is 0 Å². The predicted octanol–water partition coefficient (Wildman–Crippen LogP) is 0.0169. The molecule has 2 aliphatic heterocycles. The minimum absolute atomic E-state index is 0. The third-order valence-corrected chi connectivity index (χ3v) is 6.47. The highest BCUT2D eigenvalue weighted by atomic mass is 79.9. The van der Waals surface area contributed by atoms with Crippen LogP contribution < -0.4 is 40.7 Å². The average molecular weight is 564 g/mol. The summed E-state index contributed by atoms with van der Waals surface area (Å²) in [4.78, 5) is 25.6. The lowest BCUT2D eigenvalue weighted by atomic mass is 9.88. The molecule has 0 aliphatic carbocycles. The molecule has 9 nitrogen and oxygen atoms in total. The highest BCUT2D eigenvalue weighted by molar-refractivity contribution is 6.11. The Morgan fingerprint density at radius 1 is 1.03 bits per heavy atom. The first-order valence-electron chi connectivity index (χ1n) is 11.2. The maximum atomic E-state index is 13.5. The van der Waals surface area contributed by atoms with E-state index in [1.165, 1.54) is 13.2 Å². The lowest BCUT2D eigenvalue weighted by Gasteiger charge is -2.38. The van der Waals surface area contributed by atoms with Gasteiger partial charge in [-0.05, 0) is 29.8 Å². The van der Waals surface area contributed by atoms with Crippen molar-refractivity contribution in [3.05, 3.63) is 46.5 Å². The van der Waals surface area contributed by atoms with Gasteiger partial charge in [-0.25, -0.2) is 4.79 Å². The first-order valence-corrected chi connectivity index (χ1v) is 11.2. The third-order valence-electron chi connectivity index (χ3n) is 6.47. The van der Waals surface area contributed by atoms with Crippen molar-refractivity contribution in [2.24, 2.45) is 0 Å². The number of esters is 1. The molecule has 2 heterocycles. The third kappa shape index (κ3) is 5.15. The van der Waals surface area contributed by atoms with Crippen molar-refractivity contribution >= 4 is 17.8 Å². The van der Waals surface area contributed by atoms with Gasteiger partial charge in [0.15, 0.2) is 23.8 Å². The Labute approximate surface area is 220 Å². The van der Waals surface area contributed by atoms with Crippen LogP contribution in [0.25, 0.3) is 6.08 Å². The van der Waals surface area contributed by atoms with Crippen molar-refractivity contribution in [1.82, 2.24) is 0 Å². The number of quaternary nitrogens is 1. The summed E-state index contributed by atoms with van der Waals surface area (Å²) in [6, 6.07) is 5.38. The van der Waals surface area contributed by atoms with Crippen molar-refractivity contribution in [3.8, 4) is 28.7 Å².